The molecule has 19 heavy (non-hydrogen) atoms. The Balaban J connectivity index is 2.02. The molecule has 0 aliphatic carbocycles. The van der Waals surface area contributed by atoms with E-state index in [0.29, 0.717) is 19.8 Å². The van der Waals surface area contributed by atoms with Gasteiger partial charge in [0.2, 0.25) is 0 Å². The molecule has 2 rings (SSSR count). The van der Waals surface area contributed by atoms with Gasteiger partial charge < -0.3 is 14.4 Å². The standard InChI is InChI=1S/C14H23N3O2/c1-4-5-12-8-14(16-11(2)15-12)17(3)9-13-10-18-6-7-19-13/h8,13H,4-7,9-10H2,1-3H3/t13-/m1/s1. The lowest BCUT2D eigenvalue weighted by Gasteiger charge is -2.28. The number of aromatic nitrogens is 2. The van der Waals surface area contributed by atoms with Crippen LogP contribution in [0.1, 0.15) is 24.9 Å². The minimum absolute atomic E-state index is 0.128. The molecule has 0 aromatic carbocycles. The Kier molecular flexibility index (Phi) is 5.10. The number of ether oxygens (including phenoxy) is 2. The maximum Gasteiger partial charge on any atom is 0.132 e. The van der Waals surface area contributed by atoms with Crippen molar-refractivity contribution in [3.8, 4) is 0 Å². The van der Waals surface area contributed by atoms with Gasteiger partial charge in [-0.3, -0.25) is 0 Å². The zero-order valence-electron chi connectivity index (χ0n) is 12.1. The predicted octanol–water partition coefficient (Wildman–Crippen LogP) is 1.59. The van der Waals surface area contributed by atoms with Crippen LogP contribution in [0.25, 0.3) is 0 Å². The van der Waals surface area contributed by atoms with Crippen molar-refractivity contribution < 1.29 is 9.47 Å². The molecule has 1 aromatic rings. The van der Waals surface area contributed by atoms with Gasteiger partial charge in [-0.05, 0) is 13.3 Å². The first-order valence-corrected chi connectivity index (χ1v) is 6.94. The van der Waals surface area contributed by atoms with Crippen molar-refractivity contribution in [1.82, 2.24) is 9.97 Å². The van der Waals surface area contributed by atoms with Crippen LogP contribution in [0.15, 0.2) is 6.07 Å². The second-order valence-corrected chi connectivity index (χ2v) is 4.96. The van der Waals surface area contributed by atoms with E-state index in [0.717, 1.165) is 36.7 Å². The van der Waals surface area contributed by atoms with Gasteiger partial charge in [-0.25, -0.2) is 9.97 Å². The molecular formula is C14H23N3O2. The molecule has 1 fully saturated rings. The van der Waals surface area contributed by atoms with E-state index in [1.807, 2.05) is 14.0 Å². The van der Waals surface area contributed by atoms with Crippen LogP contribution >= 0.6 is 0 Å². The molecule has 0 amide bonds. The molecule has 1 saturated heterocycles. The third kappa shape index (κ3) is 4.14. The quantitative estimate of drug-likeness (QED) is 0.809. The van der Waals surface area contributed by atoms with Crippen LogP contribution in [0, 0.1) is 6.92 Å². The molecule has 0 N–H and O–H groups in total. The Morgan fingerprint density at radius 1 is 1.37 bits per heavy atom. The van der Waals surface area contributed by atoms with E-state index in [2.05, 4.69) is 27.9 Å². The fourth-order valence-corrected chi connectivity index (χ4v) is 2.23. The van der Waals surface area contributed by atoms with Crippen LogP contribution < -0.4 is 4.90 Å². The van der Waals surface area contributed by atoms with Gasteiger partial charge in [0, 0.05) is 25.4 Å². The fourth-order valence-electron chi connectivity index (χ4n) is 2.23. The summed E-state index contributed by atoms with van der Waals surface area (Å²) in [4.78, 5) is 11.1. The van der Waals surface area contributed by atoms with Crippen LogP contribution in [-0.2, 0) is 15.9 Å². The van der Waals surface area contributed by atoms with Crippen molar-refractivity contribution in [2.24, 2.45) is 0 Å². The first-order chi connectivity index (χ1) is 9.19. The number of likely N-dealkylation sites (N-methyl/N-ethyl adjacent to an activating group) is 1. The summed E-state index contributed by atoms with van der Waals surface area (Å²) in [5.41, 5.74) is 1.11. The first-order valence-electron chi connectivity index (χ1n) is 6.94. The van der Waals surface area contributed by atoms with E-state index in [1.54, 1.807) is 0 Å². The topological polar surface area (TPSA) is 47.5 Å². The average Bonchev–Trinajstić information content (AvgIpc) is 2.39. The lowest BCUT2D eigenvalue weighted by Crippen LogP contribution is -2.38. The summed E-state index contributed by atoms with van der Waals surface area (Å²) in [5, 5.41) is 0. The molecule has 106 valence electrons. The molecule has 5 heteroatoms. The van der Waals surface area contributed by atoms with Crippen LogP contribution in [-0.4, -0.2) is 49.5 Å². The molecule has 0 spiro atoms. The molecule has 0 radical (unpaired) electrons. The van der Waals surface area contributed by atoms with Gasteiger partial charge in [-0.2, -0.15) is 0 Å². The van der Waals surface area contributed by atoms with Crippen molar-refractivity contribution >= 4 is 5.82 Å². The summed E-state index contributed by atoms with van der Waals surface area (Å²) in [6, 6.07) is 2.07. The lowest BCUT2D eigenvalue weighted by atomic mass is 10.2. The second-order valence-electron chi connectivity index (χ2n) is 4.96. The summed E-state index contributed by atoms with van der Waals surface area (Å²) in [6.45, 7) is 6.94. The highest BCUT2D eigenvalue weighted by Crippen LogP contribution is 2.14. The number of anilines is 1. The number of nitrogens with zero attached hydrogens (tertiary/aromatic N) is 3. The smallest absolute Gasteiger partial charge is 0.132 e. The van der Waals surface area contributed by atoms with Crippen LogP contribution in [0.4, 0.5) is 5.82 Å². The fraction of sp³-hybridized carbons (Fsp3) is 0.714. The minimum atomic E-state index is 0.128. The molecule has 0 saturated carbocycles. The highest BCUT2D eigenvalue weighted by molar-refractivity contribution is 5.39. The van der Waals surface area contributed by atoms with Gasteiger partial charge in [0.15, 0.2) is 0 Å². The maximum absolute atomic E-state index is 5.67. The largest absolute Gasteiger partial charge is 0.376 e. The molecule has 1 aliphatic rings. The Hall–Kier alpha value is -1.20. The van der Waals surface area contributed by atoms with E-state index in [1.165, 1.54) is 0 Å². The van der Waals surface area contributed by atoms with E-state index in [4.69, 9.17) is 9.47 Å². The summed E-state index contributed by atoms with van der Waals surface area (Å²) in [7, 11) is 2.04. The number of hydrogen-bond donors (Lipinski definition) is 0. The predicted molar refractivity (Wildman–Crippen MR) is 74.6 cm³/mol. The Labute approximate surface area is 115 Å². The van der Waals surface area contributed by atoms with E-state index >= 15 is 0 Å². The minimum Gasteiger partial charge on any atom is -0.376 e. The van der Waals surface area contributed by atoms with E-state index in [-0.39, 0.29) is 6.10 Å². The molecule has 2 heterocycles. The maximum atomic E-state index is 5.67. The van der Waals surface area contributed by atoms with E-state index < -0.39 is 0 Å². The molecule has 1 atom stereocenters. The summed E-state index contributed by atoms with van der Waals surface area (Å²) < 4.78 is 11.1. The number of hydrogen-bond acceptors (Lipinski definition) is 5. The normalized spacial score (nSPS) is 19.4. The average molecular weight is 265 g/mol. The van der Waals surface area contributed by atoms with Crippen molar-refractivity contribution in [2.75, 3.05) is 38.3 Å². The molecule has 1 aliphatic heterocycles. The number of aryl methyl sites for hydroxylation is 2. The Morgan fingerprint density at radius 3 is 2.89 bits per heavy atom. The molecule has 0 bridgehead atoms. The third-order valence-corrected chi connectivity index (χ3v) is 3.14. The zero-order chi connectivity index (χ0) is 13.7. The van der Waals surface area contributed by atoms with Gasteiger partial charge in [0.05, 0.1) is 25.9 Å². The Bertz CT molecular complexity index is 406. The Morgan fingerprint density at radius 2 is 2.21 bits per heavy atom. The summed E-state index contributed by atoms with van der Waals surface area (Å²) in [6.07, 6.45) is 2.22. The van der Waals surface area contributed by atoms with Crippen LogP contribution in [0.3, 0.4) is 0 Å². The van der Waals surface area contributed by atoms with Crippen molar-refractivity contribution in [1.29, 1.82) is 0 Å². The van der Waals surface area contributed by atoms with Crippen molar-refractivity contribution in [3.05, 3.63) is 17.6 Å². The molecule has 5 nitrogen and oxygen atoms in total. The van der Waals surface area contributed by atoms with Crippen molar-refractivity contribution in [2.45, 2.75) is 32.8 Å². The van der Waals surface area contributed by atoms with Gasteiger partial charge in [-0.1, -0.05) is 13.3 Å². The van der Waals surface area contributed by atoms with Gasteiger partial charge in [0.1, 0.15) is 11.6 Å². The third-order valence-electron chi connectivity index (χ3n) is 3.14. The van der Waals surface area contributed by atoms with Crippen molar-refractivity contribution in [3.63, 3.8) is 0 Å². The summed E-state index contributed by atoms with van der Waals surface area (Å²) in [5.74, 6) is 1.79. The second kappa shape index (κ2) is 6.82. The van der Waals surface area contributed by atoms with Gasteiger partial charge >= 0.3 is 0 Å². The first kappa shape index (κ1) is 14.2. The van der Waals surface area contributed by atoms with E-state index in [9.17, 15) is 0 Å². The molecule has 0 unspecified atom stereocenters. The van der Waals surface area contributed by atoms with Crippen LogP contribution in [0.5, 0.6) is 0 Å². The highest BCUT2D eigenvalue weighted by atomic mass is 16.6. The zero-order valence-corrected chi connectivity index (χ0v) is 12.1. The number of rotatable bonds is 5. The van der Waals surface area contributed by atoms with Gasteiger partial charge in [-0.15, -0.1) is 0 Å². The highest BCUT2D eigenvalue weighted by Gasteiger charge is 2.17. The SMILES string of the molecule is CCCc1cc(N(C)C[C@@H]2COCCO2)nc(C)n1. The molecular weight excluding hydrogens is 242 g/mol. The molecule has 1 aromatic heterocycles. The lowest BCUT2D eigenvalue weighted by molar-refractivity contribution is -0.0837. The van der Waals surface area contributed by atoms with Crippen LogP contribution in [0.2, 0.25) is 0 Å². The van der Waals surface area contributed by atoms with Gasteiger partial charge in [0.25, 0.3) is 0 Å². The monoisotopic (exact) mass is 265 g/mol. The summed E-state index contributed by atoms with van der Waals surface area (Å²) >= 11 is 0.